The molecule has 1 heterocycles. The number of carbonyl (C=O) groups excluding carboxylic acids is 1. The Balaban J connectivity index is 1.85. The lowest BCUT2D eigenvalue weighted by atomic mass is 10.0. The van der Waals surface area contributed by atoms with E-state index < -0.39 is 5.91 Å². The van der Waals surface area contributed by atoms with Crippen LogP contribution >= 0.6 is 46.4 Å². The van der Waals surface area contributed by atoms with E-state index in [-0.39, 0.29) is 0 Å². The van der Waals surface area contributed by atoms with Crippen LogP contribution in [0.25, 0.3) is 32.9 Å². The summed E-state index contributed by atoms with van der Waals surface area (Å²) < 4.78 is 2.07. The minimum atomic E-state index is -0.507. The Morgan fingerprint density at radius 2 is 1.55 bits per heavy atom. The number of primary amides is 1. The van der Waals surface area contributed by atoms with E-state index in [4.69, 9.17) is 52.1 Å². The third-order valence-corrected chi connectivity index (χ3v) is 7.16. The summed E-state index contributed by atoms with van der Waals surface area (Å²) >= 11 is 25.7. The summed E-state index contributed by atoms with van der Waals surface area (Å²) in [6, 6.07) is 23.5. The van der Waals surface area contributed by atoms with Crippen molar-refractivity contribution in [2.45, 2.75) is 6.54 Å². The largest absolute Gasteiger partial charge is 0.366 e. The van der Waals surface area contributed by atoms with Crippen LogP contribution in [-0.4, -0.2) is 10.5 Å². The van der Waals surface area contributed by atoms with Crippen molar-refractivity contribution >= 4 is 74.1 Å². The van der Waals surface area contributed by atoms with Gasteiger partial charge in [0.15, 0.2) is 0 Å². The first kappa shape index (κ1) is 22.1. The van der Waals surface area contributed by atoms with Crippen molar-refractivity contribution in [3.05, 3.63) is 104 Å². The smallest absolute Gasteiger partial charge is 0.249 e. The lowest BCUT2D eigenvalue weighted by molar-refractivity contribution is 0.100. The highest BCUT2D eigenvalue weighted by molar-refractivity contribution is 6.42. The molecular formula is C26H15Cl4N2O. The zero-order valence-electron chi connectivity index (χ0n) is 17.0. The fraction of sp³-hybridized carbons (Fsp3) is 0.0385. The van der Waals surface area contributed by atoms with Gasteiger partial charge in [-0.25, -0.2) is 0 Å². The van der Waals surface area contributed by atoms with E-state index in [1.54, 1.807) is 30.3 Å². The number of aromatic nitrogens is 1. The van der Waals surface area contributed by atoms with E-state index >= 15 is 0 Å². The Bertz CT molecular complexity index is 1550. The Morgan fingerprint density at radius 1 is 0.879 bits per heavy atom. The van der Waals surface area contributed by atoms with Crippen molar-refractivity contribution < 1.29 is 4.79 Å². The molecule has 1 amide bonds. The predicted molar refractivity (Wildman–Crippen MR) is 138 cm³/mol. The van der Waals surface area contributed by atoms with Crippen LogP contribution in [0.1, 0.15) is 15.9 Å². The second-order valence-corrected chi connectivity index (χ2v) is 9.21. The fourth-order valence-electron chi connectivity index (χ4n) is 4.19. The number of nitrogens with zero attached hydrogens (tertiary/aromatic N) is 1. The second-order valence-electron chi connectivity index (χ2n) is 7.61. The van der Waals surface area contributed by atoms with Crippen molar-refractivity contribution in [3.63, 3.8) is 0 Å². The van der Waals surface area contributed by atoms with Gasteiger partial charge in [0.2, 0.25) is 5.91 Å². The summed E-state index contributed by atoms with van der Waals surface area (Å²) in [6.45, 7) is 0.426. The minimum absolute atomic E-state index is 0.424. The molecule has 0 saturated carbocycles. The molecule has 4 aromatic carbocycles. The van der Waals surface area contributed by atoms with Crippen LogP contribution in [0, 0.1) is 6.07 Å². The molecular weight excluding hydrogens is 498 g/mol. The monoisotopic (exact) mass is 511 g/mol. The summed E-state index contributed by atoms with van der Waals surface area (Å²) in [7, 11) is 0. The zero-order valence-corrected chi connectivity index (χ0v) is 20.0. The second kappa shape index (κ2) is 8.58. The number of rotatable bonds is 4. The number of hydrogen-bond donors (Lipinski definition) is 1. The predicted octanol–water partition coefficient (Wildman–Crippen LogP) is 8.02. The molecule has 0 spiro atoms. The Kier molecular flexibility index (Phi) is 5.75. The molecule has 0 bridgehead atoms. The quantitative estimate of drug-likeness (QED) is 0.260. The maximum atomic E-state index is 12.2. The highest BCUT2D eigenvalue weighted by Crippen LogP contribution is 2.39. The Hall–Kier alpha value is -2.69. The number of hydrogen-bond acceptors (Lipinski definition) is 1. The van der Waals surface area contributed by atoms with Crippen LogP contribution in [-0.2, 0) is 6.54 Å². The molecule has 0 atom stereocenters. The van der Waals surface area contributed by atoms with Crippen molar-refractivity contribution in [2.24, 2.45) is 5.73 Å². The topological polar surface area (TPSA) is 48.0 Å². The molecule has 0 aliphatic heterocycles. The molecule has 0 aliphatic carbocycles. The van der Waals surface area contributed by atoms with Crippen LogP contribution in [0.15, 0.2) is 66.7 Å². The standard InChI is InChI=1S/C26H15Cl4N2O/c27-18-6-3-7-19(28)23(18)14-10-11-16-22(12-14)32(13-15-4-1-8-20(29)25(15)30)21-9-2-5-17(24(16)21)26(31)33/h1-10,12H,13H2,(H2,31,33). The van der Waals surface area contributed by atoms with Crippen LogP contribution in [0.5, 0.6) is 0 Å². The van der Waals surface area contributed by atoms with Crippen LogP contribution < -0.4 is 5.73 Å². The first-order chi connectivity index (χ1) is 15.9. The van der Waals surface area contributed by atoms with Gasteiger partial charge < -0.3 is 10.3 Å². The number of carbonyl (C=O) groups is 1. The molecule has 7 heteroatoms. The van der Waals surface area contributed by atoms with E-state index in [9.17, 15) is 4.79 Å². The first-order valence-corrected chi connectivity index (χ1v) is 11.5. The molecule has 3 nitrogen and oxygen atoms in total. The van der Waals surface area contributed by atoms with Gasteiger partial charge in [-0.15, -0.1) is 0 Å². The van der Waals surface area contributed by atoms with Gasteiger partial charge in [-0.2, -0.15) is 0 Å². The lowest BCUT2D eigenvalue weighted by Gasteiger charge is -2.12. The maximum Gasteiger partial charge on any atom is 0.249 e. The molecule has 0 unspecified atom stereocenters. The van der Waals surface area contributed by atoms with Gasteiger partial charge in [0.05, 0.1) is 21.1 Å². The number of halogens is 4. The number of fused-ring (bicyclic) bond motifs is 3. The fourth-order valence-corrected chi connectivity index (χ4v) is 5.19. The summed E-state index contributed by atoms with van der Waals surface area (Å²) in [5, 5.41) is 3.53. The van der Waals surface area contributed by atoms with Gasteiger partial charge in [0.1, 0.15) is 0 Å². The third kappa shape index (κ3) is 3.75. The summed E-state index contributed by atoms with van der Waals surface area (Å²) in [4.78, 5) is 12.2. The van der Waals surface area contributed by atoms with E-state index in [1.165, 1.54) is 0 Å². The van der Waals surface area contributed by atoms with Crippen LogP contribution in [0.2, 0.25) is 20.1 Å². The van der Waals surface area contributed by atoms with Crippen LogP contribution in [0.3, 0.4) is 0 Å². The minimum Gasteiger partial charge on any atom is -0.366 e. The highest BCUT2D eigenvalue weighted by Gasteiger charge is 2.19. The third-order valence-electron chi connectivity index (χ3n) is 5.67. The Labute approximate surface area is 210 Å². The maximum absolute atomic E-state index is 12.2. The molecule has 2 N–H and O–H groups in total. The van der Waals surface area contributed by atoms with E-state index in [2.05, 4.69) is 10.6 Å². The molecule has 5 rings (SSSR count). The van der Waals surface area contributed by atoms with Gasteiger partial charge >= 0.3 is 0 Å². The molecule has 0 fully saturated rings. The van der Waals surface area contributed by atoms with E-state index in [1.807, 2.05) is 36.4 Å². The number of benzene rings is 4. The van der Waals surface area contributed by atoms with Gasteiger partial charge in [0, 0.05) is 38.5 Å². The lowest BCUT2D eigenvalue weighted by Crippen LogP contribution is -2.11. The average Bonchev–Trinajstić information content (AvgIpc) is 3.10. The van der Waals surface area contributed by atoms with Gasteiger partial charge in [-0.05, 0) is 59.7 Å². The summed E-state index contributed by atoms with van der Waals surface area (Å²) in [6.07, 6.45) is 0. The van der Waals surface area contributed by atoms with Crippen molar-refractivity contribution in [3.8, 4) is 11.1 Å². The molecule has 0 aliphatic rings. The highest BCUT2D eigenvalue weighted by atomic mass is 35.5. The van der Waals surface area contributed by atoms with Crippen molar-refractivity contribution in [1.29, 1.82) is 0 Å². The molecule has 1 aromatic heterocycles. The SMILES string of the molecule is NC(=O)c1cccc2c1c1[c]cc(-c3c(Cl)cccc3Cl)cc1n2Cc1cccc(Cl)c1Cl. The van der Waals surface area contributed by atoms with Crippen molar-refractivity contribution in [2.75, 3.05) is 0 Å². The number of nitrogens with two attached hydrogens (primary N) is 1. The van der Waals surface area contributed by atoms with E-state index in [0.29, 0.717) is 37.8 Å². The molecule has 163 valence electrons. The molecule has 1 radical (unpaired) electrons. The first-order valence-electron chi connectivity index (χ1n) is 10.0. The Morgan fingerprint density at radius 3 is 2.27 bits per heavy atom. The van der Waals surface area contributed by atoms with Crippen molar-refractivity contribution in [1.82, 2.24) is 4.57 Å². The summed E-state index contributed by atoms with van der Waals surface area (Å²) in [5.74, 6) is -0.507. The zero-order chi connectivity index (χ0) is 23.3. The van der Waals surface area contributed by atoms with Gasteiger partial charge in [-0.3, -0.25) is 4.79 Å². The average molecular weight is 513 g/mol. The van der Waals surface area contributed by atoms with E-state index in [0.717, 1.165) is 32.9 Å². The molecule has 5 aromatic rings. The number of amides is 1. The summed E-state index contributed by atoms with van der Waals surface area (Å²) in [5.41, 5.74) is 10.2. The molecule has 0 saturated heterocycles. The normalized spacial score (nSPS) is 11.4. The van der Waals surface area contributed by atoms with Gasteiger partial charge in [0.25, 0.3) is 0 Å². The molecule has 33 heavy (non-hydrogen) atoms. The van der Waals surface area contributed by atoms with Crippen LogP contribution in [0.4, 0.5) is 0 Å². The van der Waals surface area contributed by atoms with Gasteiger partial charge in [-0.1, -0.05) is 70.7 Å².